The fraction of sp³-hybridized carbons (Fsp3) is 0.140. The Hall–Kier alpha value is -5.86. The van der Waals surface area contributed by atoms with Gasteiger partial charge in [-0.1, -0.05) is 118 Å². The monoisotopic (exact) mass is 971 g/mol. The molecule has 0 aliphatic heterocycles. The van der Waals surface area contributed by atoms with Crippen molar-refractivity contribution < 1.29 is 33.3 Å². The molecule has 4 aromatic heterocycles. The van der Waals surface area contributed by atoms with Crippen LogP contribution in [0.25, 0.3) is 83.1 Å². The third-order valence-electron chi connectivity index (χ3n) is 10.7. The summed E-state index contributed by atoms with van der Waals surface area (Å²) in [6, 6.07) is 46.8. The van der Waals surface area contributed by atoms with E-state index >= 15 is 0 Å². The second kappa shape index (κ2) is 15.4. The molecule has 9 heteroatoms. The van der Waals surface area contributed by atoms with E-state index in [4.69, 9.17) is 9.40 Å². The topological polar surface area (TPSA) is 56.7 Å². The molecule has 5 nitrogen and oxygen atoms in total. The van der Waals surface area contributed by atoms with Gasteiger partial charge in [0.15, 0.2) is 0 Å². The summed E-state index contributed by atoms with van der Waals surface area (Å²) in [6.07, 6.45) is 1.86. The van der Waals surface area contributed by atoms with Crippen molar-refractivity contribution in [2.75, 3.05) is 0 Å². The quantitative estimate of drug-likeness (QED) is 0.130. The number of halogens is 2. The van der Waals surface area contributed by atoms with E-state index in [1.807, 2.05) is 42.6 Å². The third kappa shape index (κ3) is 7.39. The normalized spacial score (nSPS) is 11.9. The van der Waals surface area contributed by atoms with Gasteiger partial charge >= 0.3 is 0 Å². The second-order valence-electron chi connectivity index (χ2n) is 16.6. The van der Waals surface area contributed by atoms with Gasteiger partial charge in [0.05, 0.1) is 36.0 Å². The Bertz CT molecular complexity index is 3160. The molecule has 0 bridgehead atoms. The Morgan fingerprint density at radius 3 is 2.17 bits per heavy atom. The molecule has 295 valence electrons. The standard InChI is InChI=1S/C36H25FN3O.C14H15FNSi.Ir/c1-36(2,3)22-15-17-23(18-16-22)40-31-19-14-21-8-4-5-9-24(21)32(31)39-34(40)26-11-6-10-25-27-20-28-29(37)12-7-13-30(28)38-35(27)41-33(25)26;1-17(2,3)11-8-9-14(16-10-11)12-6-4-5-7-13(12)15;/h4-10,12-20H,1-3H3;4-5,7-10H,1-3H3;/q2*-1;. The van der Waals surface area contributed by atoms with Crippen LogP contribution in [0.15, 0.2) is 138 Å². The minimum atomic E-state index is -1.34. The first-order valence-corrected chi connectivity index (χ1v) is 22.8. The molecule has 4 heterocycles. The Kier molecular flexibility index (Phi) is 10.4. The number of pyridine rings is 2. The van der Waals surface area contributed by atoms with Crippen molar-refractivity contribution in [1.29, 1.82) is 0 Å². The molecule has 0 N–H and O–H groups in total. The molecule has 0 amide bonds. The summed E-state index contributed by atoms with van der Waals surface area (Å²) in [7, 11) is -1.34. The predicted molar refractivity (Wildman–Crippen MR) is 236 cm³/mol. The number of nitrogens with zero attached hydrogens (tertiary/aromatic N) is 4. The first-order chi connectivity index (χ1) is 27.8. The maximum atomic E-state index is 14.7. The van der Waals surface area contributed by atoms with Crippen molar-refractivity contribution >= 4 is 68.0 Å². The van der Waals surface area contributed by atoms with Crippen LogP contribution in [-0.2, 0) is 25.5 Å². The molecule has 0 spiro atoms. The van der Waals surface area contributed by atoms with E-state index in [-0.39, 0.29) is 37.2 Å². The van der Waals surface area contributed by atoms with Crippen LogP contribution in [0.5, 0.6) is 0 Å². The number of rotatable bonds is 4. The largest absolute Gasteiger partial charge is 0.486 e. The van der Waals surface area contributed by atoms with Crippen molar-refractivity contribution in [1.82, 2.24) is 19.5 Å². The minimum Gasteiger partial charge on any atom is -0.486 e. The van der Waals surface area contributed by atoms with Crippen molar-refractivity contribution in [3.8, 4) is 28.3 Å². The Labute approximate surface area is 356 Å². The number of hydrogen-bond acceptors (Lipinski definition) is 4. The molecule has 6 aromatic carbocycles. The van der Waals surface area contributed by atoms with Crippen molar-refractivity contribution in [3.05, 3.63) is 163 Å². The van der Waals surface area contributed by atoms with Gasteiger partial charge in [-0.15, -0.1) is 42.5 Å². The molecule has 0 fully saturated rings. The van der Waals surface area contributed by atoms with Crippen LogP contribution in [-0.4, -0.2) is 27.6 Å². The summed E-state index contributed by atoms with van der Waals surface area (Å²) in [5.41, 5.74) is 7.65. The number of benzene rings is 6. The molecule has 59 heavy (non-hydrogen) atoms. The van der Waals surface area contributed by atoms with Crippen LogP contribution in [0.1, 0.15) is 26.3 Å². The van der Waals surface area contributed by atoms with Crippen LogP contribution >= 0.6 is 0 Å². The summed E-state index contributed by atoms with van der Waals surface area (Å²) in [4.78, 5) is 14.2. The molecule has 10 aromatic rings. The van der Waals surface area contributed by atoms with Crippen molar-refractivity contribution in [2.24, 2.45) is 0 Å². The van der Waals surface area contributed by atoms with Crippen LogP contribution in [0, 0.1) is 23.8 Å². The summed E-state index contributed by atoms with van der Waals surface area (Å²) >= 11 is 0. The average Bonchev–Trinajstić information content (AvgIpc) is 3.79. The van der Waals surface area contributed by atoms with E-state index in [0.717, 1.165) is 49.7 Å². The van der Waals surface area contributed by atoms with E-state index in [0.29, 0.717) is 33.5 Å². The van der Waals surface area contributed by atoms with E-state index < -0.39 is 8.07 Å². The maximum Gasteiger partial charge on any atom is 0.216 e. The molecular weight excluding hydrogens is 931 g/mol. The Balaban J connectivity index is 0.000000227. The summed E-state index contributed by atoms with van der Waals surface area (Å²) in [6.45, 7) is 13.4. The molecule has 0 saturated carbocycles. The SMILES string of the molecule is CC(C)(C)c1ccc(-n2c(-c3[c-]ccc4c3oc3nc5cccc(F)c5cc34)nc3c4ccccc4ccc32)cc1.C[Si](C)(C)c1ccc(-c2[c-]cccc2F)nc1.[Ir]. The molecular formula is C50H40F2IrN4OSi-2. The van der Waals surface area contributed by atoms with Gasteiger partial charge in [-0.05, 0) is 63.6 Å². The van der Waals surface area contributed by atoms with E-state index in [1.165, 1.54) is 22.9 Å². The molecule has 0 aliphatic carbocycles. The Morgan fingerprint density at radius 2 is 1.44 bits per heavy atom. The summed E-state index contributed by atoms with van der Waals surface area (Å²) in [5.74, 6) is 0.141. The fourth-order valence-electron chi connectivity index (χ4n) is 7.43. The number of aromatic nitrogens is 4. The van der Waals surface area contributed by atoms with Gasteiger partial charge in [0.25, 0.3) is 0 Å². The fourth-order valence-corrected chi connectivity index (χ4v) is 8.46. The van der Waals surface area contributed by atoms with Gasteiger partial charge in [0.2, 0.25) is 5.71 Å². The number of fused-ring (bicyclic) bond motifs is 7. The molecule has 0 aliphatic rings. The van der Waals surface area contributed by atoms with E-state index in [1.54, 1.807) is 24.3 Å². The second-order valence-corrected chi connectivity index (χ2v) is 21.7. The predicted octanol–water partition coefficient (Wildman–Crippen LogP) is 12.8. The van der Waals surface area contributed by atoms with Crippen LogP contribution in [0.4, 0.5) is 8.78 Å². The zero-order chi connectivity index (χ0) is 40.3. The first-order valence-electron chi connectivity index (χ1n) is 19.3. The summed E-state index contributed by atoms with van der Waals surface area (Å²) in [5, 5.41) is 5.56. The first kappa shape index (κ1) is 39.9. The average molecular weight is 971 g/mol. The van der Waals surface area contributed by atoms with Gasteiger partial charge in [-0.2, -0.15) is 0 Å². The van der Waals surface area contributed by atoms with Crippen molar-refractivity contribution in [2.45, 2.75) is 45.8 Å². The molecule has 10 rings (SSSR count). The molecule has 0 unspecified atom stereocenters. The van der Waals surface area contributed by atoms with Crippen LogP contribution < -0.4 is 5.19 Å². The van der Waals surface area contributed by atoms with Crippen LogP contribution in [0.3, 0.4) is 0 Å². The Morgan fingerprint density at radius 1 is 0.678 bits per heavy atom. The minimum absolute atomic E-state index is 0. The molecule has 0 atom stereocenters. The van der Waals surface area contributed by atoms with Gasteiger partial charge in [0, 0.05) is 54.0 Å². The van der Waals surface area contributed by atoms with Gasteiger partial charge in [0.1, 0.15) is 5.82 Å². The smallest absolute Gasteiger partial charge is 0.216 e. The van der Waals surface area contributed by atoms with Gasteiger partial charge < -0.3 is 14.0 Å². The van der Waals surface area contributed by atoms with Gasteiger partial charge in [-0.3, -0.25) is 9.37 Å². The maximum absolute atomic E-state index is 14.7. The number of imidazole rings is 1. The molecule has 1 radical (unpaired) electrons. The summed E-state index contributed by atoms with van der Waals surface area (Å²) < 4.78 is 36.8. The van der Waals surface area contributed by atoms with E-state index in [9.17, 15) is 8.78 Å². The van der Waals surface area contributed by atoms with Crippen molar-refractivity contribution in [3.63, 3.8) is 0 Å². The zero-order valence-electron chi connectivity index (χ0n) is 33.5. The number of furan rings is 1. The van der Waals surface area contributed by atoms with Crippen LogP contribution in [0.2, 0.25) is 19.6 Å². The van der Waals surface area contributed by atoms with Gasteiger partial charge in [-0.25, -0.2) is 9.37 Å². The third-order valence-corrected chi connectivity index (χ3v) is 12.7. The number of hydrogen-bond donors (Lipinski definition) is 0. The zero-order valence-corrected chi connectivity index (χ0v) is 36.9. The van der Waals surface area contributed by atoms with E-state index in [2.05, 4.69) is 122 Å². The molecule has 0 saturated heterocycles.